The fraction of sp³-hybridized carbons (Fsp3) is 0. The van der Waals surface area contributed by atoms with Crippen molar-refractivity contribution in [1.29, 1.82) is 0 Å². The molecule has 0 bridgehead atoms. The molecule has 186 valence electrons. The highest BCUT2D eigenvalue weighted by Gasteiger charge is 2.41. The van der Waals surface area contributed by atoms with Crippen LogP contribution in [0.3, 0.4) is 0 Å². The molecule has 0 aliphatic heterocycles. The van der Waals surface area contributed by atoms with Crippen LogP contribution in [0.15, 0.2) is 156 Å². The summed E-state index contributed by atoms with van der Waals surface area (Å²) in [4.78, 5) is 0. The van der Waals surface area contributed by atoms with Crippen molar-refractivity contribution in [2.45, 2.75) is 0 Å². The van der Waals surface area contributed by atoms with E-state index in [0.29, 0.717) is 0 Å². The largest absolute Gasteiger partial charge is 0.179 e. The fourth-order valence-electron chi connectivity index (χ4n) is 5.94. The molecule has 0 nitrogen and oxygen atoms in total. The van der Waals surface area contributed by atoms with Gasteiger partial charge in [-0.2, -0.15) is 0 Å². The van der Waals surface area contributed by atoms with Gasteiger partial charge < -0.3 is 0 Å². The van der Waals surface area contributed by atoms with E-state index < -0.39 is 8.07 Å². The minimum atomic E-state index is -2.61. The molecule has 7 rings (SSSR count). The summed E-state index contributed by atoms with van der Waals surface area (Å²) in [6, 6.07) is 56.1. The number of hydrogen-bond donors (Lipinski definition) is 0. The Balaban J connectivity index is 1.50. The Bertz CT molecular complexity index is 1890. The highest BCUT2D eigenvalue weighted by atomic mass is 79.9. The minimum Gasteiger partial charge on any atom is -0.135 e. The number of thiophene rings is 1. The molecule has 7 aromatic rings. The third-order valence-corrected chi connectivity index (χ3v) is 14.1. The van der Waals surface area contributed by atoms with E-state index in [0.717, 1.165) is 4.47 Å². The van der Waals surface area contributed by atoms with Crippen LogP contribution in [-0.2, 0) is 0 Å². The average Bonchev–Trinajstić information content (AvgIpc) is 3.37. The van der Waals surface area contributed by atoms with Crippen molar-refractivity contribution in [3.8, 4) is 11.1 Å². The van der Waals surface area contributed by atoms with Crippen LogP contribution < -0.4 is 20.7 Å². The van der Waals surface area contributed by atoms with Crippen LogP contribution in [0.1, 0.15) is 0 Å². The van der Waals surface area contributed by atoms with Crippen molar-refractivity contribution in [3.63, 3.8) is 0 Å². The van der Waals surface area contributed by atoms with Crippen molar-refractivity contribution < 1.29 is 0 Å². The van der Waals surface area contributed by atoms with E-state index in [-0.39, 0.29) is 0 Å². The number of benzene rings is 6. The summed E-state index contributed by atoms with van der Waals surface area (Å²) in [5.41, 5.74) is 2.51. The van der Waals surface area contributed by atoms with E-state index in [1.54, 1.807) is 0 Å². The highest BCUT2D eigenvalue weighted by Crippen LogP contribution is 2.36. The van der Waals surface area contributed by atoms with Gasteiger partial charge in [0.2, 0.25) is 0 Å². The monoisotopic (exact) mass is 596 g/mol. The molecule has 0 saturated carbocycles. The summed E-state index contributed by atoms with van der Waals surface area (Å²) in [6.45, 7) is 0. The molecule has 3 heteroatoms. The molecule has 1 aromatic heterocycles. The van der Waals surface area contributed by atoms with E-state index >= 15 is 0 Å². The van der Waals surface area contributed by atoms with Crippen molar-refractivity contribution in [3.05, 3.63) is 156 Å². The van der Waals surface area contributed by atoms with Gasteiger partial charge in [0.25, 0.3) is 0 Å². The number of rotatable bonds is 5. The van der Waals surface area contributed by atoms with Gasteiger partial charge in [0.1, 0.15) is 0 Å². The maximum absolute atomic E-state index is 3.79. The standard InChI is InChI=1S/C36H25BrSSi/c37-28-12-10-18-32(25-28)39(29-13-3-1-4-14-29,30-15-5-2-6-16-30)31-17-9-11-26(23-31)27-21-22-36-34(24-27)33-19-7-8-20-35(33)38-36/h1-25H. The summed E-state index contributed by atoms with van der Waals surface area (Å²) in [7, 11) is -2.61. The van der Waals surface area contributed by atoms with E-state index in [2.05, 4.69) is 168 Å². The molecule has 0 atom stereocenters. The number of hydrogen-bond acceptors (Lipinski definition) is 1. The van der Waals surface area contributed by atoms with Crippen LogP contribution in [0, 0.1) is 0 Å². The van der Waals surface area contributed by atoms with E-state index in [1.807, 2.05) is 11.3 Å². The van der Waals surface area contributed by atoms with Crippen molar-refractivity contribution >= 4 is 76.3 Å². The molecule has 0 aliphatic carbocycles. The fourth-order valence-corrected chi connectivity index (χ4v) is 12.5. The van der Waals surface area contributed by atoms with E-state index in [9.17, 15) is 0 Å². The van der Waals surface area contributed by atoms with E-state index in [1.165, 1.54) is 52.0 Å². The van der Waals surface area contributed by atoms with Gasteiger partial charge in [-0.25, -0.2) is 0 Å². The third-order valence-electron chi connectivity index (χ3n) is 7.68. The van der Waals surface area contributed by atoms with Crippen molar-refractivity contribution in [2.24, 2.45) is 0 Å². The highest BCUT2D eigenvalue weighted by molar-refractivity contribution is 9.10. The topological polar surface area (TPSA) is 0 Å². The lowest BCUT2D eigenvalue weighted by Gasteiger charge is -2.34. The van der Waals surface area contributed by atoms with Gasteiger partial charge in [-0.15, -0.1) is 11.3 Å². The van der Waals surface area contributed by atoms with Crippen molar-refractivity contribution in [2.75, 3.05) is 0 Å². The lowest BCUT2D eigenvalue weighted by molar-refractivity contribution is 1.63. The average molecular weight is 598 g/mol. The molecule has 39 heavy (non-hydrogen) atoms. The first-order chi connectivity index (χ1) is 19.2. The lowest BCUT2D eigenvalue weighted by Crippen LogP contribution is -2.74. The van der Waals surface area contributed by atoms with Gasteiger partial charge in [-0.05, 0) is 62.2 Å². The summed E-state index contributed by atoms with van der Waals surface area (Å²) >= 11 is 5.65. The zero-order valence-corrected chi connectivity index (χ0v) is 24.6. The summed E-state index contributed by atoms with van der Waals surface area (Å²) in [5, 5.41) is 8.18. The van der Waals surface area contributed by atoms with Crippen LogP contribution in [0.5, 0.6) is 0 Å². The Morgan fingerprint density at radius 3 is 1.69 bits per heavy atom. The lowest BCUT2D eigenvalue weighted by atomic mass is 10.0. The Morgan fingerprint density at radius 1 is 0.410 bits per heavy atom. The van der Waals surface area contributed by atoms with Gasteiger partial charge >= 0.3 is 0 Å². The van der Waals surface area contributed by atoms with Gasteiger partial charge in [0, 0.05) is 24.6 Å². The summed E-state index contributed by atoms with van der Waals surface area (Å²) in [6.07, 6.45) is 0. The maximum Gasteiger partial charge on any atom is 0.179 e. The zero-order chi connectivity index (χ0) is 26.2. The van der Waals surface area contributed by atoms with Crippen LogP contribution >= 0.6 is 27.3 Å². The Kier molecular flexibility index (Phi) is 6.28. The Labute approximate surface area is 242 Å². The molecule has 6 aromatic carbocycles. The second-order valence-corrected chi connectivity index (χ2v) is 15.7. The third kappa shape index (κ3) is 4.18. The summed E-state index contributed by atoms with van der Waals surface area (Å²) < 4.78 is 3.78. The Morgan fingerprint density at radius 2 is 0.974 bits per heavy atom. The van der Waals surface area contributed by atoms with Crippen LogP contribution in [0.4, 0.5) is 0 Å². The molecular formula is C36H25BrSSi. The van der Waals surface area contributed by atoms with Gasteiger partial charge in [-0.1, -0.05) is 137 Å². The molecule has 0 amide bonds. The molecule has 0 N–H and O–H groups in total. The molecule has 0 radical (unpaired) electrons. The Hall–Kier alpha value is -3.76. The summed E-state index contributed by atoms with van der Waals surface area (Å²) in [5.74, 6) is 0. The predicted molar refractivity (Wildman–Crippen MR) is 176 cm³/mol. The first-order valence-electron chi connectivity index (χ1n) is 13.1. The predicted octanol–water partition coefficient (Wildman–Crippen LogP) is 7.86. The first kappa shape index (κ1) is 24.3. The molecule has 0 aliphatic rings. The van der Waals surface area contributed by atoms with E-state index in [4.69, 9.17) is 0 Å². The second-order valence-electron chi connectivity index (χ2n) is 9.88. The minimum absolute atomic E-state index is 1.11. The molecule has 0 fully saturated rings. The normalized spacial score (nSPS) is 11.7. The zero-order valence-electron chi connectivity index (χ0n) is 21.2. The first-order valence-corrected chi connectivity index (χ1v) is 16.7. The van der Waals surface area contributed by atoms with Crippen LogP contribution in [-0.4, -0.2) is 8.07 Å². The van der Waals surface area contributed by atoms with Gasteiger partial charge in [0.05, 0.1) is 0 Å². The smallest absolute Gasteiger partial charge is 0.135 e. The second kappa shape index (κ2) is 10.1. The van der Waals surface area contributed by atoms with Gasteiger partial charge in [-0.3, -0.25) is 0 Å². The molecule has 0 unspecified atom stereocenters. The molecular weight excluding hydrogens is 572 g/mol. The molecule has 0 saturated heterocycles. The quantitative estimate of drug-likeness (QED) is 0.140. The molecule has 1 heterocycles. The number of halogens is 1. The van der Waals surface area contributed by atoms with Crippen LogP contribution in [0.25, 0.3) is 31.3 Å². The van der Waals surface area contributed by atoms with Crippen molar-refractivity contribution in [1.82, 2.24) is 0 Å². The SMILES string of the molecule is Brc1cccc([Si](c2ccccc2)(c2ccccc2)c2cccc(-c3ccc4sc5ccccc5c4c3)c2)c1. The number of fused-ring (bicyclic) bond motifs is 3. The molecule has 0 spiro atoms. The van der Waals surface area contributed by atoms with Crippen LogP contribution in [0.2, 0.25) is 0 Å². The maximum atomic E-state index is 3.79. The van der Waals surface area contributed by atoms with Gasteiger partial charge in [0.15, 0.2) is 8.07 Å².